The van der Waals surface area contributed by atoms with E-state index in [2.05, 4.69) is 22.5 Å². The Kier molecular flexibility index (Phi) is 4.61. The summed E-state index contributed by atoms with van der Waals surface area (Å²) >= 11 is 6.06. The van der Waals surface area contributed by atoms with E-state index in [1.807, 2.05) is 0 Å². The van der Waals surface area contributed by atoms with E-state index in [0.29, 0.717) is 29.1 Å². The summed E-state index contributed by atoms with van der Waals surface area (Å²) in [6.07, 6.45) is 0.305. The average molecular weight is 292 g/mol. The van der Waals surface area contributed by atoms with Crippen molar-refractivity contribution in [2.45, 2.75) is 12.5 Å². The predicted molar refractivity (Wildman–Crippen MR) is 76.3 cm³/mol. The zero-order valence-electron chi connectivity index (χ0n) is 10.7. The van der Waals surface area contributed by atoms with Crippen LogP contribution >= 0.6 is 11.6 Å². The van der Waals surface area contributed by atoms with Crippen LogP contribution in [0.3, 0.4) is 0 Å². The second-order valence-corrected chi connectivity index (χ2v) is 4.79. The molecule has 6 heteroatoms. The van der Waals surface area contributed by atoms with E-state index >= 15 is 0 Å². The van der Waals surface area contributed by atoms with Gasteiger partial charge in [-0.15, -0.1) is 0 Å². The Morgan fingerprint density at radius 3 is 2.95 bits per heavy atom. The second-order valence-electron chi connectivity index (χ2n) is 4.38. The minimum absolute atomic E-state index is 0.0549. The molecular formula is C14H14ClN3O2. The average Bonchev–Trinajstić information content (AvgIpc) is 2.82. The van der Waals surface area contributed by atoms with Crippen LogP contribution in [0.2, 0.25) is 5.02 Å². The third-order valence-electron chi connectivity index (χ3n) is 2.87. The minimum atomic E-state index is -0.258. The normalized spacial score (nSPS) is 17.1. The topological polar surface area (TPSA) is 84.2 Å². The van der Waals surface area contributed by atoms with Crippen LogP contribution in [0.4, 0.5) is 0 Å². The minimum Gasteiger partial charge on any atom is -0.354 e. The van der Waals surface area contributed by atoms with Crippen LogP contribution in [-0.2, 0) is 4.79 Å². The lowest BCUT2D eigenvalue weighted by Crippen LogP contribution is -2.36. The molecule has 0 bridgehead atoms. The quantitative estimate of drug-likeness (QED) is 0.684. The van der Waals surface area contributed by atoms with Crippen LogP contribution in [0.15, 0.2) is 18.2 Å². The molecule has 4 N–H and O–H groups in total. The third kappa shape index (κ3) is 3.50. The lowest BCUT2D eigenvalue weighted by atomic mass is 10.1. The highest BCUT2D eigenvalue weighted by Gasteiger charge is 2.23. The molecule has 1 heterocycles. The van der Waals surface area contributed by atoms with Gasteiger partial charge in [0.2, 0.25) is 5.91 Å². The number of amides is 2. The maximum absolute atomic E-state index is 12.0. The monoisotopic (exact) mass is 291 g/mol. The Morgan fingerprint density at radius 2 is 2.35 bits per heavy atom. The van der Waals surface area contributed by atoms with Gasteiger partial charge in [-0.3, -0.25) is 9.59 Å². The highest BCUT2D eigenvalue weighted by atomic mass is 35.5. The van der Waals surface area contributed by atoms with Crippen molar-refractivity contribution in [3.8, 4) is 11.8 Å². The Hall–Kier alpha value is -2.03. The third-order valence-corrected chi connectivity index (χ3v) is 3.18. The number of carbonyl (C=O) groups is 2. The molecule has 0 saturated carbocycles. The van der Waals surface area contributed by atoms with E-state index < -0.39 is 0 Å². The van der Waals surface area contributed by atoms with Crippen molar-refractivity contribution < 1.29 is 9.59 Å². The molecule has 0 aliphatic carbocycles. The summed E-state index contributed by atoms with van der Waals surface area (Å²) < 4.78 is 0. The number of nitrogens with two attached hydrogens (primary N) is 1. The van der Waals surface area contributed by atoms with Crippen molar-refractivity contribution in [1.29, 1.82) is 0 Å². The molecule has 1 aliphatic rings. The summed E-state index contributed by atoms with van der Waals surface area (Å²) in [7, 11) is 0. The molecule has 1 aromatic rings. The molecule has 1 atom stereocenters. The summed E-state index contributed by atoms with van der Waals surface area (Å²) in [5.41, 5.74) is 6.36. The highest BCUT2D eigenvalue weighted by molar-refractivity contribution is 6.32. The van der Waals surface area contributed by atoms with Gasteiger partial charge in [0.1, 0.15) is 0 Å². The van der Waals surface area contributed by atoms with Gasteiger partial charge in [0.05, 0.1) is 17.6 Å². The molecule has 2 rings (SSSR count). The van der Waals surface area contributed by atoms with Crippen molar-refractivity contribution in [2.24, 2.45) is 5.73 Å². The molecule has 1 unspecified atom stereocenters. The zero-order valence-corrected chi connectivity index (χ0v) is 11.5. The van der Waals surface area contributed by atoms with Gasteiger partial charge < -0.3 is 16.4 Å². The van der Waals surface area contributed by atoms with Crippen molar-refractivity contribution in [1.82, 2.24) is 10.6 Å². The van der Waals surface area contributed by atoms with Crippen LogP contribution in [0.1, 0.15) is 22.3 Å². The smallest absolute Gasteiger partial charge is 0.251 e. The largest absolute Gasteiger partial charge is 0.354 e. The standard InChI is InChI=1S/C14H14ClN3O2/c15-12-6-10(4-3-9(12)2-1-5-16)14(20)18-11-7-13(19)17-8-11/h3-4,6,11H,5,7-8,16H2,(H,17,19)(H,18,20). The SMILES string of the molecule is NCC#Cc1ccc(C(=O)NC2CNC(=O)C2)cc1Cl. The molecule has 2 amide bonds. The first kappa shape index (κ1) is 14.4. The Labute approximate surface area is 121 Å². The van der Waals surface area contributed by atoms with Crippen LogP contribution in [0, 0.1) is 11.8 Å². The fourth-order valence-corrected chi connectivity index (χ4v) is 2.11. The second kappa shape index (κ2) is 6.42. The number of hydrogen-bond acceptors (Lipinski definition) is 3. The van der Waals surface area contributed by atoms with E-state index in [1.165, 1.54) is 0 Å². The van der Waals surface area contributed by atoms with Gasteiger partial charge in [-0.2, -0.15) is 0 Å². The van der Waals surface area contributed by atoms with E-state index in [1.54, 1.807) is 18.2 Å². The molecule has 20 heavy (non-hydrogen) atoms. The first-order valence-electron chi connectivity index (χ1n) is 6.16. The van der Waals surface area contributed by atoms with Gasteiger partial charge in [-0.1, -0.05) is 23.4 Å². The van der Waals surface area contributed by atoms with Gasteiger partial charge in [0.25, 0.3) is 5.91 Å². The molecule has 0 radical (unpaired) electrons. The maximum Gasteiger partial charge on any atom is 0.251 e. The molecule has 1 aliphatic heterocycles. The van der Waals surface area contributed by atoms with E-state index in [4.69, 9.17) is 17.3 Å². The Balaban J connectivity index is 2.07. The number of hydrogen-bond donors (Lipinski definition) is 3. The van der Waals surface area contributed by atoms with E-state index in [-0.39, 0.29) is 24.4 Å². The summed E-state index contributed by atoms with van der Waals surface area (Å²) in [6.45, 7) is 0.708. The van der Waals surface area contributed by atoms with Crippen LogP contribution in [-0.4, -0.2) is 30.9 Å². The zero-order chi connectivity index (χ0) is 14.5. The maximum atomic E-state index is 12.0. The van der Waals surface area contributed by atoms with Gasteiger partial charge in [0, 0.05) is 24.1 Å². The van der Waals surface area contributed by atoms with Gasteiger partial charge in [0.15, 0.2) is 0 Å². The lowest BCUT2D eigenvalue weighted by Gasteiger charge is -2.10. The fourth-order valence-electron chi connectivity index (χ4n) is 1.88. The van der Waals surface area contributed by atoms with Crippen molar-refractivity contribution in [3.63, 3.8) is 0 Å². The first-order chi connectivity index (χ1) is 9.60. The van der Waals surface area contributed by atoms with Crippen molar-refractivity contribution in [3.05, 3.63) is 34.3 Å². The number of benzene rings is 1. The molecule has 104 valence electrons. The summed E-state index contributed by atoms with van der Waals surface area (Å²) in [5.74, 6) is 5.22. The molecule has 1 aromatic carbocycles. The molecule has 5 nitrogen and oxygen atoms in total. The number of halogens is 1. The first-order valence-corrected chi connectivity index (χ1v) is 6.54. The number of carbonyl (C=O) groups excluding carboxylic acids is 2. The molecule has 1 saturated heterocycles. The highest BCUT2D eigenvalue weighted by Crippen LogP contribution is 2.17. The fraction of sp³-hybridized carbons (Fsp3) is 0.286. The van der Waals surface area contributed by atoms with Crippen LogP contribution in [0.5, 0.6) is 0 Å². The molecule has 0 spiro atoms. The molecular weight excluding hydrogens is 278 g/mol. The Bertz CT molecular complexity index is 604. The predicted octanol–water partition coefficient (Wildman–Crippen LogP) is 0.268. The number of rotatable bonds is 2. The summed E-state index contributed by atoms with van der Waals surface area (Å²) in [4.78, 5) is 23.1. The van der Waals surface area contributed by atoms with Gasteiger partial charge in [-0.25, -0.2) is 0 Å². The van der Waals surface area contributed by atoms with Crippen molar-refractivity contribution in [2.75, 3.05) is 13.1 Å². The lowest BCUT2D eigenvalue weighted by molar-refractivity contribution is -0.119. The van der Waals surface area contributed by atoms with E-state index in [0.717, 1.165) is 0 Å². The van der Waals surface area contributed by atoms with Gasteiger partial charge in [-0.05, 0) is 18.2 Å². The van der Waals surface area contributed by atoms with E-state index in [9.17, 15) is 9.59 Å². The Morgan fingerprint density at radius 1 is 1.55 bits per heavy atom. The van der Waals surface area contributed by atoms with Crippen molar-refractivity contribution >= 4 is 23.4 Å². The summed E-state index contributed by atoms with van der Waals surface area (Å²) in [6, 6.07) is 4.71. The van der Waals surface area contributed by atoms with Gasteiger partial charge >= 0.3 is 0 Å². The van der Waals surface area contributed by atoms with Crippen LogP contribution < -0.4 is 16.4 Å². The summed E-state index contributed by atoms with van der Waals surface area (Å²) in [5, 5.41) is 5.84. The number of nitrogens with one attached hydrogen (secondary N) is 2. The van der Waals surface area contributed by atoms with Crippen LogP contribution in [0.25, 0.3) is 0 Å². The molecule has 0 aromatic heterocycles. The molecule has 1 fully saturated rings.